The van der Waals surface area contributed by atoms with Gasteiger partial charge in [0, 0.05) is 6.61 Å². The predicted molar refractivity (Wildman–Crippen MR) is 70.6 cm³/mol. The highest BCUT2D eigenvalue weighted by Gasteiger charge is 2.19. The van der Waals surface area contributed by atoms with Crippen molar-refractivity contribution in [3.63, 3.8) is 0 Å². The van der Waals surface area contributed by atoms with Crippen LogP contribution in [0.4, 0.5) is 0 Å². The first-order chi connectivity index (χ1) is 9.26. The fourth-order valence-electron chi connectivity index (χ4n) is 1.51. The summed E-state index contributed by atoms with van der Waals surface area (Å²) in [5.74, 6) is 0.870. The Hall–Kier alpha value is -1.38. The Kier molecular flexibility index (Phi) is 4.94. The molecular formula is C11H17N5O2S. The van der Waals surface area contributed by atoms with E-state index in [1.165, 1.54) is 11.5 Å². The Morgan fingerprint density at radius 1 is 1.42 bits per heavy atom. The van der Waals surface area contributed by atoms with Crippen molar-refractivity contribution in [2.75, 3.05) is 13.2 Å². The van der Waals surface area contributed by atoms with Gasteiger partial charge in [0.2, 0.25) is 0 Å². The van der Waals surface area contributed by atoms with Crippen molar-refractivity contribution in [2.24, 2.45) is 5.73 Å². The SMILES string of the molecule is CCCOCC(N)c1noc(-c2snnc2CC)n1. The zero-order chi connectivity index (χ0) is 13.7. The fraction of sp³-hybridized carbons (Fsp3) is 0.636. The first-order valence-corrected chi connectivity index (χ1v) is 7.02. The average molecular weight is 283 g/mol. The van der Waals surface area contributed by atoms with Gasteiger partial charge in [-0.3, -0.25) is 0 Å². The Labute approximate surface area is 115 Å². The molecule has 0 aromatic carbocycles. The predicted octanol–water partition coefficient (Wildman–Crippen LogP) is 1.58. The fourth-order valence-corrected chi connectivity index (χ4v) is 2.18. The van der Waals surface area contributed by atoms with Crippen LogP contribution < -0.4 is 5.73 Å². The number of nitrogens with zero attached hydrogens (tertiary/aromatic N) is 4. The Bertz CT molecular complexity index is 513. The van der Waals surface area contributed by atoms with Gasteiger partial charge in [-0.2, -0.15) is 4.98 Å². The molecule has 8 heteroatoms. The molecule has 0 aliphatic carbocycles. The molecule has 2 rings (SSSR count). The summed E-state index contributed by atoms with van der Waals surface area (Å²) in [5.41, 5.74) is 6.79. The molecule has 2 N–H and O–H groups in total. The Morgan fingerprint density at radius 3 is 3.00 bits per heavy atom. The molecule has 7 nitrogen and oxygen atoms in total. The zero-order valence-corrected chi connectivity index (χ0v) is 11.8. The molecule has 0 radical (unpaired) electrons. The molecule has 0 aliphatic heterocycles. The highest BCUT2D eigenvalue weighted by atomic mass is 32.1. The van der Waals surface area contributed by atoms with Crippen molar-refractivity contribution in [3.05, 3.63) is 11.5 Å². The zero-order valence-electron chi connectivity index (χ0n) is 11.0. The Balaban J connectivity index is 2.06. The summed E-state index contributed by atoms with van der Waals surface area (Å²) >= 11 is 1.24. The molecule has 0 saturated carbocycles. The highest BCUT2D eigenvalue weighted by Crippen LogP contribution is 2.25. The Morgan fingerprint density at radius 2 is 2.26 bits per heavy atom. The van der Waals surface area contributed by atoms with Gasteiger partial charge in [-0.1, -0.05) is 23.5 Å². The second-order valence-electron chi connectivity index (χ2n) is 4.04. The summed E-state index contributed by atoms with van der Waals surface area (Å²) in [6, 6.07) is -0.380. The number of aryl methyl sites for hydroxylation is 1. The summed E-state index contributed by atoms with van der Waals surface area (Å²) in [4.78, 5) is 5.10. The van der Waals surface area contributed by atoms with E-state index in [0.717, 1.165) is 23.4 Å². The van der Waals surface area contributed by atoms with Crippen molar-refractivity contribution < 1.29 is 9.26 Å². The second kappa shape index (κ2) is 6.69. The summed E-state index contributed by atoms with van der Waals surface area (Å²) in [6.07, 6.45) is 1.73. The minimum atomic E-state index is -0.380. The number of ether oxygens (including phenoxy) is 1. The molecule has 0 aliphatic rings. The van der Waals surface area contributed by atoms with E-state index in [2.05, 4.69) is 19.7 Å². The van der Waals surface area contributed by atoms with Crippen LogP contribution in [0.3, 0.4) is 0 Å². The van der Waals surface area contributed by atoms with Crippen molar-refractivity contribution >= 4 is 11.5 Å². The van der Waals surface area contributed by atoms with Crippen LogP contribution in [0.2, 0.25) is 0 Å². The quantitative estimate of drug-likeness (QED) is 0.770. The molecule has 0 bridgehead atoms. The van der Waals surface area contributed by atoms with Crippen LogP contribution in [-0.4, -0.2) is 32.9 Å². The van der Waals surface area contributed by atoms with Crippen molar-refractivity contribution in [1.82, 2.24) is 19.7 Å². The number of hydrogen-bond acceptors (Lipinski definition) is 8. The van der Waals surface area contributed by atoms with E-state index in [1.807, 2.05) is 13.8 Å². The molecule has 0 amide bonds. The molecular weight excluding hydrogens is 266 g/mol. The number of rotatable bonds is 7. The summed E-state index contributed by atoms with van der Waals surface area (Å²) in [6.45, 7) is 5.11. The summed E-state index contributed by atoms with van der Waals surface area (Å²) in [5, 5.41) is 7.90. The molecule has 2 heterocycles. The van der Waals surface area contributed by atoms with Crippen molar-refractivity contribution in [2.45, 2.75) is 32.7 Å². The second-order valence-corrected chi connectivity index (χ2v) is 4.80. The van der Waals surface area contributed by atoms with Gasteiger partial charge in [-0.25, -0.2) is 0 Å². The van der Waals surface area contributed by atoms with Gasteiger partial charge in [0.05, 0.1) is 18.3 Å². The maximum Gasteiger partial charge on any atom is 0.271 e. The van der Waals surface area contributed by atoms with Crippen LogP contribution >= 0.6 is 11.5 Å². The van der Waals surface area contributed by atoms with Crippen molar-refractivity contribution in [1.29, 1.82) is 0 Å². The normalized spacial score (nSPS) is 12.8. The van der Waals surface area contributed by atoms with E-state index in [4.69, 9.17) is 15.0 Å². The monoisotopic (exact) mass is 283 g/mol. The average Bonchev–Trinajstić information content (AvgIpc) is 3.07. The molecule has 19 heavy (non-hydrogen) atoms. The van der Waals surface area contributed by atoms with Gasteiger partial charge in [-0.15, -0.1) is 5.10 Å². The van der Waals surface area contributed by atoms with E-state index < -0.39 is 0 Å². The molecule has 0 fully saturated rings. The van der Waals surface area contributed by atoms with E-state index >= 15 is 0 Å². The third kappa shape index (κ3) is 3.34. The lowest BCUT2D eigenvalue weighted by Crippen LogP contribution is -2.18. The van der Waals surface area contributed by atoms with Gasteiger partial charge >= 0.3 is 0 Å². The molecule has 2 aromatic heterocycles. The van der Waals surface area contributed by atoms with E-state index in [1.54, 1.807) is 0 Å². The maximum absolute atomic E-state index is 5.94. The smallest absolute Gasteiger partial charge is 0.271 e. The molecule has 2 aromatic rings. The standard InChI is InChI=1S/C11H17N5O2S/c1-3-5-17-6-7(12)10-13-11(18-15-10)9-8(4-2)14-16-19-9/h7H,3-6,12H2,1-2H3. The van der Waals surface area contributed by atoms with Crippen LogP contribution in [0.5, 0.6) is 0 Å². The third-order valence-corrected chi connectivity index (χ3v) is 3.26. The minimum Gasteiger partial charge on any atom is -0.379 e. The molecule has 1 atom stereocenters. The lowest BCUT2D eigenvalue weighted by molar-refractivity contribution is 0.119. The summed E-state index contributed by atoms with van der Waals surface area (Å²) in [7, 11) is 0. The van der Waals surface area contributed by atoms with Crippen LogP contribution in [0.1, 0.15) is 37.8 Å². The number of nitrogens with two attached hydrogens (primary N) is 1. The highest BCUT2D eigenvalue weighted by molar-refractivity contribution is 7.09. The largest absolute Gasteiger partial charge is 0.379 e. The number of aromatic nitrogens is 4. The van der Waals surface area contributed by atoms with Gasteiger partial charge in [0.1, 0.15) is 4.88 Å². The molecule has 0 saturated heterocycles. The first kappa shape index (κ1) is 14.0. The first-order valence-electron chi connectivity index (χ1n) is 6.24. The van der Waals surface area contributed by atoms with E-state index in [0.29, 0.717) is 24.9 Å². The van der Waals surface area contributed by atoms with Crippen LogP contribution in [0, 0.1) is 0 Å². The van der Waals surface area contributed by atoms with E-state index in [9.17, 15) is 0 Å². The van der Waals surface area contributed by atoms with Gasteiger partial charge < -0.3 is 15.0 Å². The van der Waals surface area contributed by atoms with Gasteiger partial charge in [-0.05, 0) is 24.4 Å². The topological polar surface area (TPSA) is 100.0 Å². The molecule has 1 unspecified atom stereocenters. The number of hydrogen-bond donors (Lipinski definition) is 1. The van der Waals surface area contributed by atoms with Gasteiger partial charge in [0.15, 0.2) is 5.82 Å². The molecule has 104 valence electrons. The summed E-state index contributed by atoms with van der Waals surface area (Å²) < 4.78 is 14.5. The lowest BCUT2D eigenvalue weighted by Gasteiger charge is -2.06. The van der Waals surface area contributed by atoms with Gasteiger partial charge in [0.25, 0.3) is 5.89 Å². The molecule has 0 spiro atoms. The van der Waals surface area contributed by atoms with Crippen LogP contribution in [0.25, 0.3) is 10.8 Å². The van der Waals surface area contributed by atoms with Crippen molar-refractivity contribution in [3.8, 4) is 10.8 Å². The third-order valence-electron chi connectivity index (χ3n) is 2.50. The van der Waals surface area contributed by atoms with E-state index in [-0.39, 0.29) is 6.04 Å². The van der Waals surface area contributed by atoms with Crippen LogP contribution in [-0.2, 0) is 11.2 Å². The minimum absolute atomic E-state index is 0.380. The maximum atomic E-state index is 5.94. The lowest BCUT2D eigenvalue weighted by atomic mass is 10.3. The van der Waals surface area contributed by atoms with Crippen LogP contribution in [0.15, 0.2) is 4.52 Å².